The van der Waals surface area contributed by atoms with E-state index in [1.165, 1.54) is 12.1 Å². The molecule has 15 heteroatoms. The summed E-state index contributed by atoms with van der Waals surface area (Å²) in [5.74, 6) is 1.80. The number of hydrogen-bond acceptors (Lipinski definition) is 12. The summed E-state index contributed by atoms with van der Waals surface area (Å²) < 4.78 is 14.0. The molecule has 1 spiro atoms. The summed E-state index contributed by atoms with van der Waals surface area (Å²) in [4.78, 5) is 23.3. The minimum atomic E-state index is -0.890. The number of halogens is 3. The van der Waals surface area contributed by atoms with Gasteiger partial charge in [0.1, 0.15) is 23.7 Å². The number of hydroxylamine groups is 3. The van der Waals surface area contributed by atoms with Crippen LogP contribution in [0.3, 0.4) is 0 Å². The molecule has 0 amide bonds. The van der Waals surface area contributed by atoms with Crippen molar-refractivity contribution in [1.82, 2.24) is 20.5 Å². The Labute approximate surface area is 294 Å². The molecule has 0 bridgehead atoms. The second-order valence-electron chi connectivity index (χ2n) is 10.1. The predicted molar refractivity (Wildman–Crippen MR) is 185 cm³/mol. The minimum absolute atomic E-state index is 0. The zero-order valence-electron chi connectivity index (χ0n) is 25.2. The molecule has 244 valence electrons. The number of nitrogens with zero attached hydrogens (tertiary/aromatic N) is 6. The van der Waals surface area contributed by atoms with Crippen molar-refractivity contribution in [3.05, 3.63) is 117 Å². The second kappa shape index (κ2) is 16.1. The van der Waals surface area contributed by atoms with Crippen molar-refractivity contribution in [2.45, 2.75) is 30.8 Å². The third-order valence-corrected chi connectivity index (χ3v) is 8.11. The molecular weight excluding hydrogens is 756 g/mol. The lowest BCUT2D eigenvalue weighted by molar-refractivity contribution is -0.191. The first-order valence-electron chi connectivity index (χ1n) is 14.1. The SMILES string of the molecule is CN1OC2(CC(c3ccccn3)Oc3ccc(Br)cc32)N=C1N.CNO.Cl.N#CN=C1CC(c2ccccn2)Oc2ccc(Br)cc21. The van der Waals surface area contributed by atoms with E-state index in [2.05, 4.69) is 51.8 Å². The molecule has 4 aromatic rings. The first-order chi connectivity index (χ1) is 22.3. The Hall–Kier alpha value is -4.10. The molecular formula is C32H31Br2ClN8O4. The maximum Gasteiger partial charge on any atom is 0.222 e. The summed E-state index contributed by atoms with van der Waals surface area (Å²) in [7, 11) is 3.18. The normalized spacial score (nSPS) is 21.1. The van der Waals surface area contributed by atoms with Crippen LogP contribution in [0.5, 0.6) is 11.5 Å². The smallest absolute Gasteiger partial charge is 0.222 e. The van der Waals surface area contributed by atoms with Crippen molar-refractivity contribution in [2.75, 3.05) is 14.1 Å². The first kappa shape index (κ1) is 35.7. The fourth-order valence-corrected chi connectivity index (χ4v) is 5.87. The van der Waals surface area contributed by atoms with E-state index in [1.54, 1.807) is 24.9 Å². The number of hydrogen-bond donors (Lipinski definition) is 3. The van der Waals surface area contributed by atoms with E-state index in [9.17, 15) is 0 Å². The minimum Gasteiger partial charge on any atom is -0.483 e. The average molecular weight is 787 g/mol. The Morgan fingerprint density at radius 3 is 2.15 bits per heavy atom. The monoisotopic (exact) mass is 784 g/mol. The van der Waals surface area contributed by atoms with Gasteiger partial charge in [-0.2, -0.15) is 10.3 Å². The van der Waals surface area contributed by atoms with Crippen LogP contribution in [-0.4, -0.2) is 46.0 Å². The van der Waals surface area contributed by atoms with Gasteiger partial charge in [-0.25, -0.2) is 20.4 Å². The van der Waals surface area contributed by atoms with Crippen LogP contribution in [0.1, 0.15) is 47.6 Å². The van der Waals surface area contributed by atoms with Crippen LogP contribution in [0.25, 0.3) is 0 Å². The van der Waals surface area contributed by atoms with Crippen molar-refractivity contribution in [3.8, 4) is 17.7 Å². The number of rotatable bonds is 2. The van der Waals surface area contributed by atoms with Gasteiger partial charge in [-0.3, -0.25) is 9.97 Å². The molecule has 0 saturated carbocycles. The molecule has 47 heavy (non-hydrogen) atoms. The van der Waals surface area contributed by atoms with E-state index in [-0.39, 0.29) is 24.6 Å². The number of guanidine groups is 1. The van der Waals surface area contributed by atoms with Crippen LogP contribution < -0.4 is 20.7 Å². The summed E-state index contributed by atoms with van der Waals surface area (Å²) in [6.07, 6.45) is 5.92. The van der Waals surface area contributed by atoms with Gasteiger partial charge in [-0.1, -0.05) is 44.0 Å². The maximum absolute atomic E-state index is 8.86. The van der Waals surface area contributed by atoms with Gasteiger partial charge >= 0.3 is 0 Å². The number of nitrogens with two attached hydrogens (primary N) is 1. The standard InChI is InChI=1S/C16H15BrN4O2.C15H10BrN3O.CH5NO.ClH/c1-21-15(18)20-16(23-21)9-14(12-4-2-3-7-19-12)22-13-6-5-10(17)8-11(13)16;16-10-4-5-14-11(7-10)13(19-9-17)8-15(20-14)12-3-1-2-6-18-12;1-2-3;/h2-8,14H,9H2,1H3,(H2,18,20);1-7,15H,8H2;2-3H,1H3;1H. The van der Waals surface area contributed by atoms with Gasteiger partial charge in [0.2, 0.25) is 17.9 Å². The second-order valence-corrected chi connectivity index (χ2v) is 12.0. The molecule has 0 fully saturated rings. The van der Waals surface area contributed by atoms with Crippen LogP contribution in [-0.2, 0) is 10.6 Å². The number of pyridine rings is 2. The molecule has 5 heterocycles. The van der Waals surface area contributed by atoms with Gasteiger partial charge < -0.3 is 20.4 Å². The van der Waals surface area contributed by atoms with E-state index >= 15 is 0 Å². The molecule has 3 atom stereocenters. The van der Waals surface area contributed by atoms with Gasteiger partial charge in [-0.15, -0.1) is 12.4 Å². The van der Waals surface area contributed by atoms with Crippen LogP contribution in [0, 0.1) is 11.5 Å². The third-order valence-electron chi connectivity index (χ3n) is 7.12. The summed E-state index contributed by atoms with van der Waals surface area (Å²) in [6, 6.07) is 22.9. The summed E-state index contributed by atoms with van der Waals surface area (Å²) >= 11 is 6.92. The molecule has 7 rings (SSSR count). The molecule has 12 nitrogen and oxygen atoms in total. The Kier molecular flexibility index (Phi) is 12.3. The maximum atomic E-state index is 8.86. The van der Waals surface area contributed by atoms with E-state index in [4.69, 9.17) is 30.5 Å². The highest BCUT2D eigenvalue weighted by Gasteiger charge is 2.49. The highest BCUT2D eigenvalue weighted by Crippen LogP contribution is 2.50. The molecule has 0 radical (unpaired) electrons. The van der Waals surface area contributed by atoms with E-state index in [1.807, 2.05) is 79.0 Å². The number of nitriles is 1. The number of aromatic nitrogens is 2. The van der Waals surface area contributed by atoms with Crippen molar-refractivity contribution in [1.29, 1.82) is 5.26 Å². The quantitative estimate of drug-likeness (QED) is 0.154. The lowest BCUT2D eigenvalue weighted by Gasteiger charge is -2.36. The van der Waals surface area contributed by atoms with E-state index < -0.39 is 5.72 Å². The van der Waals surface area contributed by atoms with E-state index in [0.29, 0.717) is 18.8 Å². The number of fused-ring (bicyclic) bond motifs is 3. The largest absolute Gasteiger partial charge is 0.483 e. The fourth-order valence-electron chi connectivity index (χ4n) is 5.15. The number of benzene rings is 2. The van der Waals surface area contributed by atoms with Crippen LogP contribution >= 0.6 is 44.3 Å². The van der Waals surface area contributed by atoms with Gasteiger partial charge in [0.05, 0.1) is 22.7 Å². The summed E-state index contributed by atoms with van der Waals surface area (Å²) in [5.41, 5.74) is 10.9. The van der Waals surface area contributed by atoms with E-state index in [0.717, 1.165) is 48.7 Å². The van der Waals surface area contributed by atoms with Crippen molar-refractivity contribution in [2.24, 2.45) is 15.7 Å². The average Bonchev–Trinajstić information content (AvgIpc) is 3.35. The zero-order chi connectivity index (χ0) is 32.7. The predicted octanol–water partition coefficient (Wildman–Crippen LogP) is 6.37. The highest BCUT2D eigenvalue weighted by molar-refractivity contribution is 9.10. The molecule has 2 aromatic heterocycles. The van der Waals surface area contributed by atoms with Crippen LogP contribution in [0.15, 0.2) is 104 Å². The Balaban J connectivity index is 0.000000194. The molecule has 3 unspecified atom stereocenters. The van der Waals surface area contributed by atoms with Crippen LogP contribution in [0.2, 0.25) is 0 Å². The number of nitrogens with one attached hydrogen (secondary N) is 1. The molecule has 3 aliphatic heterocycles. The molecule has 4 N–H and O–H groups in total. The molecule has 2 aromatic carbocycles. The first-order valence-corrected chi connectivity index (χ1v) is 15.6. The highest BCUT2D eigenvalue weighted by atomic mass is 79.9. The van der Waals surface area contributed by atoms with Gasteiger partial charge in [0.15, 0.2) is 0 Å². The van der Waals surface area contributed by atoms with Crippen molar-refractivity contribution >= 4 is 55.9 Å². The summed E-state index contributed by atoms with van der Waals surface area (Å²) in [6.45, 7) is 0. The molecule has 0 aliphatic carbocycles. The number of ether oxygens (including phenoxy) is 2. The van der Waals surface area contributed by atoms with Gasteiger partial charge in [0, 0.05) is 53.8 Å². The Morgan fingerprint density at radius 1 is 0.979 bits per heavy atom. The van der Waals surface area contributed by atoms with Crippen molar-refractivity contribution in [3.63, 3.8) is 0 Å². The van der Waals surface area contributed by atoms with Crippen LogP contribution in [0.4, 0.5) is 0 Å². The summed E-state index contributed by atoms with van der Waals surface area (Å²) in [5, 5.41) is 17.7. The fraction of sp³-hybridized carbons (Fsp3) is 0.219. The lowest BCUT2D eigenvalue weighted by atomic mass is 9.91. The Morgan fingerprint density at radius 2 is 1.57 bits per heavy atom. The number of aliphatic imine (C=N–C) groups is 2. The third kappa shape index (κ3) is 8.25. The lowest BCUT2D eigenvalue weighted by Crippen LogP contribution is -2.36. The van der Waals surface area contributed by atoms with Gasteiger partial charge in [-0.05, 0) is 60.7 Å². The molecule has 3 aliphatic rings. The topological polar surface area (TPSA) is 163 Å². The zero-order valence-corrected chi connectivity index (χ0v) is 29.2. The van der Waals surface area contributed by atoms with Gasteiger partial charge in [0.25, 0.3) is 0 Å². The molecule has 0 saturated heterocycles. The Bertz CT molecular complexity index is 1780. The van der Waals surface area contributed by atoms with Crippen molar-refractivity contribution < 1.29 is 19.5 Å².